The Morgan fingerprint density at radius 2 is 2.14 bits per heavy atom. The minimum absolute atomic E-state index is 0.101. The van der Waals surface area contributed by atoms with E-state index in [1.54, 1.807) is 0 Å². The summed E-state index contributed by atoms with van der Waals surface area (Å²) in [7, 11) is -5.93. The topological polar surface area (TPSA) is 107 Å². The Hall–Kier alpha value is -1.00. The van der Waals surface area contributed by atoms with E-state index >= 15 is 0 Å². The van der Waals surface area contributed by atoms with E-state index < -0.39 is 56.2 Å². The van der Waals surface area contributed by atoms with Crippen LogP contribution in [0.15, 0.2) is 0 Å². The van der Waals surface area contributed by atoms with Crippen LogP contribution >= 0.6 is 11.6 Å². The van der Waals surface area contributed by atoms with Gasteiger partial charge in [-0.15, -0.1) is 11.6 Å². The minimum Gasteiger partial charge on any atom is -0.457 e. The molecule has 21 heavy (non-hydrogen) atoms. The van der Waals surface area contributed by atoms with Gasteiger partial charge < -0.3 is 9.47 Å². The summed E-state index contributed by atoms with van der Waals surface area (Å²) in [5.74, 6) is -4.02. The lowest BCUT2D eigenvalue weighted by Gasteiger charge is -2.28. The molecule has 2 bridgehead atoms. The van der Waals surface area contributed by atoms with Crippen LogP contribution in [0.1, 0.15) is 12.8 Å². The lowest BCUT2D eigenvalue weighted by Crippen LogP contribution is -2.46. The van der Waals surface area contributed by atoms with E-state index in [0.29, 0.717) is 6.42 Å². The van der Waals surface area contributed by atoms with Gasteiger partial charge in [-0.3, -0.25) is 9.35 Å². The van der Waals surface area contributed by atoms with Gasteiger partial charge in [0.1, 0.15) is 17.1 Å². The van der Waals surface area contributed by atoms with Gasteiger partial charge in [0.15, 0.2) is 0 Å². The van der Waals surface area contributed by atoms with Crippen LogP contribution in [-0.4, -0.2) is 47.2 Å². The molecule has 1 saturated heterocycles. The summed E-state index contributed by atoms with van der Waals surface area (Å²) >= 11 is 6.11. The second kappa shape index (κ2) is 4.05. The summed E-state index contributed by atoms with van der Waals surface area (Å²) in [6.07, 6.45) is -1.69. The zero-order chi connectivity index (χ0) is 15.8. The highest BCUT2D eigenvalue weighted by Gasteiger charge is 2.72. The number of carbonyl (C=O) groups is 2. The lowest BCUT2D eigenvalue weighted by molar-refractivity contribution is -0.176. The van der Waals surface area contributed by atoms with Crippen molar-refractivity contribution in [1.29, 1.82) is 0 Å². The number of hydrogen-bond acceptors (Lipinski definition) is 6. The van der Waals surface area contributed by atoms with Crippen LogP contribution in [0.5, 0.6) is 0 Å². The fraction of sp³-hybridized carbons (Fsp3) is 0.800. The van der Waals surface area contributed by atoms with Crippen molar-refractivity contribution in [3.05, 3.63) is 0 Å². The lowest BCUT2D eigenvalue weighted by atomic mass is 9.87. The van der Waals surface area contributed by atoms with E-state index in [1.807, 2.05) is 0 Å². The Bertz CT molecular complexity index is 635. The second-order valence-electron chi connectivity index (χ2n) is 5.40. The first kappa shape index (κ1) is 14.9. The number of fused-ring (bicyclic) bond motifs is 1. The van der Waals surface area contributed by atoms with Crippen molar-refractivity contribution in [3.63, 3.8) is 0 Å². The average Bonchev–Trinajstić information content (AvgIpc) is 2.89. The molecule has 0 aromatic rings. The zero-order valence-corrected chi connectivity index (χ0v) is 11.7. The molecule has 2 saturated carbocycles. The number of carbonyl (C=O) groups excluding carboxylic acids is 2. The van der Waals surface area contributed by atoms with Crippen molar-refractivity contribution < 1.29 is 40.8 Å². The van der Waals surface area contributed by atoms with Crippen LogP contribution in [0.25, 0.3) is 0 Å². The molecule has 7 nitrogen and oxygen atoms in total. The van der Waals surface area contributed by atoms with Gasteiger partial charge in [0, 0.05) is 11.8 Å². The highest BCUT2D eigenvalue weighted by atomic mass is 35.5. The van der Waals surface area contributed by atoms with Gasteiger partial charge in [-0.05, 0) is 12.8 Å². The number of ether oxygens (including phenoxy) is 2. The summed E-state index contributed by atoms with van der Waals surface area (Å²) in [6.45, 7) is 0. The molecule has 11 heteroatoms. The molecule has 0 amide bonds. The zero-order valence-electron chi connectivity index (χ0n) is 10.2. The molecule has 3 rings (SSSR count). The monoisotopic (exact) mass is 346 g/mol. The molecule has 1 heterocycles. The van der Waals surface area contributed by atoms with Crippen molar-refractivity contribution in [3.8, 4) is 0 Å². The van der Waals surface area contributed by atoms with Crippen LogP contribution in [-0.2, 0) is 29.2 Å². The molecule has 0 aromatic carbocycles. The van der Waals surface area contributed by atoms with Crippen molar-refractivity contribution in [1.82, 2.24) is 0 Å². The minimum atomic E-state index is -5.93. The van der Waals surface area contributed by atoms with Crippen LogP contribution < -0.4 is 0 Å². The van der Waals surface area contributed by atoms with Crippen molar-refractivity contribution >= 4 is 33.7 Å². The molecule has 3 aliphatic rings. The maximum atomic E-state index is 13.2. The number of esters is 2. The summed E-state index contributed by atoms with van der Waals surface area (Å²) in [4.78, 5) is 21.7. The average molecular weight is 347 g/mol. The molecule has 0 spiro atoms. The Labute approximate surface area is 122 Å². The maximum absolute atomic E-state index is 13.2. The summed E-state index contributed by atoms with van der Waals surface area (Å²) < 4.78 is 65.1. The predicted octanol–water partition coefficient (Wildman–Crippen LogP) is 0.322. The largest absolute Gasteiger partial charge is 0.465 e. The second-order valence-corrected chi connectivity index (χ2v) is 7.54. The van der Waals surface area contributed by atoms with Crippen molar-refractivity contribution in [2.75, 3.05) is 0 Å². The normalized spacial score (nSPS) is 41.2. The first-order valence-electron chi connectivity index (χ1n) is 5.94. The van der Waals surface area contributed by atoms with Crippen LogP contribution in [0.2, 0.25) is 0 Å². The Balaban J connectivity index is 1.80. The standard InChI is InChI=1S/C10H9ClF2O7S/c11-9-2-3-1-4(9)6(20-7(9)14)5(3)19-8(15)10(12,13)21(16,17)18/h3-6H,1-2H2,(H,16,17,18). The Kier molecular flexibility index (Phi) is 2.88. The molecule has 118 valence electrons. The number of alkyl halides is 3. The summed E-state index contributed by atoms with van der Waals surface area (Å²) in [6, 6.07) is 0. The Morgan fingerprint density at radius 3 is 2.71 bits per heavy atom. The Morgan fingerprint density at radius 1 is 1.52 bits per heavy atom. The molecule has 2 aliphatic carbocycles. The number of rotatable bonds is 3. The van der Waals surface area contributed by atoms with Gasteiger partial charge in [-0.1, -0.05) is 0 Å². The van der Waals surface area contributed by atoms with Crippen molar-refractivity contribution in [2.24, 2.45) is 11.8 Å². The van der Waals surface area contributed by atoms with Gasteiger partial charge in [-0.2, -0.15) is 17.2 Å². The van der Waals surface area contributed by atoms with Gasteiger partial charge in [0.05, 0.1) is 0 Å². The highest BCUT2D eigenvalue weighted by molar-refractivity contribution is 7.87. The molecule has 0 aromatic heterocycles. The fourth-order valence-corrected chi connectivity index (χ4v) is 4.05. The summed E-state index contributed by atoms with van der Waals surface area (Å²) in [5, 5.41) is -5.07. The smallest absolute Gasteiger partial charge is 0.457 e. The quantitative estimate of drug-likeness (QED) is 0.445. The first-order chi connectivity index (χ1) is 9.48. The molecule has 3 fully saturated rings. The van der Waals surface area contributed by atoms with E-state index in [0.717, 1.165) is 0 Å². The molecule has 1 aliphatic heterocycles. The van der Waals surface area contributed by atoms with Crippen LogP contribution in [0.4, 0.5) is 8.78 Å². The van der Waals surface area contributed by atoms with Gasteiger partial charge >= 0.3 is 27.3 Å². The van der Waals surface area contributed by atoms with E-state index in [-0.39, 0.29) is 6.42 Å². The van der Waals surface area contributed by atoms with E-state index in [2.05, 4.69) is 4.74 Å². The number of hydrogen-bond donors (Lipinski definition) is 1. The van der Waals surface area contributed by atoms with Gasteiger partial charge in [-0.25, -0.2) is 4.79 Å². The van der Waals surface area contributed by atoms with Gasteiger partial charge in [0.2, 0.25) is 0 Å². The first-order valence-corrected chi connectivity index (χ1v) is 7.76. The summed E-state index contributed by atoms with van der Waals surface area (Å²) in [5.41, 5.74) is 0. The van der Waals surface area contributed by atoms with Crippen molar-refractivity contribution in [2.45, 2.75) is 35.2 Å². The molecule has 5 atom stereocenters. The molecule has 0 radical (unpaired) electrons. The SMILES string of the molecule is O=C1OC2C(OC(=O)C(F)(F)S(=O)(=O)O)C3CC2C1(Cl)C3. The maximum Gasteiger partial charge on any atom is 0.465 e. The van der Waals surface area contributed by atoms with Crippen LogP contribution in [0, 0.1) is 11.8 Å². The third-order valence-electron chi connectivity index (χ3n) is 4.28. The molecular weight excluding hydrogens is 338 g/mol. The molecule has 1 N–H and O–H groups in total. The number of halogens is 3. The molecule has 5 unspecified atom stereocenters. The van der Waals surface area contributed by atoms with Crippen LogP contribution in [0.3, 0.4) is 0 Å². The van der Waals surface area contributed by atoms with Gasteiger partial charge in [0.25, 0.3) is 0 Å². The third-order valence-corrected chi connectivity index (χ3v) is 5.68. The molecular formula is C10H9ClF2O7S. The fourth-order valence-electron chi connectivity index (χ4n) is 3.34. The third kappa shape index (κ3) is 1.82. The predicted molar refractivity (Wildman–Crippen MR) is 61.1 cm³/mol. The van der Waals surface area contributed by atoms with E-state index in [9.17, 15) is 26.8 Å². The van der Waals surface area contributed by atoms with E-state index in [1.165, 1.54) is 0 Å². The van der Waals surface area contributed by atoms with E-state index in [4.69, 9.17) is 20.9 Å². The highest BCUT2D eigenvalue weighted by Crippen LogP contribution is 2.60.